The average molecular weight is 303 g/mol. The van der Waals surface area contributed by atoms with Crippen LogP contribution in [0.25, 0.3) is 0 Å². The molecule has 3 atom stereocenters. The zero-order valence-corrected chi connectivity index (χ0v) is 14.4. The van der Waals surface area contributed by atoms with Crippen LogP contribution in [0.2, 0.25) is 0 Å². The van der Waals surface area contributed by atoms with Crippen molar-refractivity contribution in [3.8, 4) is 0 Å². The van der Waals surface area contributed by atoms with E-state index in [0.717, 1.165) is 6.42 Å². The van der Waals surface area contributed by atoms with Crippen molar-refractivity contribution in [1.82, 2.24) is 5.32 Å². The van der Waals surface area contributed by atoms with Gasteiger partial charge in [-0.1, -0.05) is 27.7 Å². The summed E-state index contributed by atoms with van der Waals surface area (Å²) in [4.78, 5) is 11.6. The predicted octanol–water partition coefficient (Wildman–Crippen LogP) is 1.98. The highest BCUT2D eigenvalue weighted by Gasteiger charge is 2.21. The molecule has 0 radical (unpaired) electrons. The van der Waals surface area contributed by atoms with Crippen LogP contribution < -0.4 is 5.32 Å². The van der Waals surface area contributed by atoms with Crippen LogP contribution in [0, 0.1) is 11.8 Å². The first-order valence-electron chi connectivity index (χ1n) is 7.87. The van der Waals surface area contributed by atoms with E-state index in [-0.39, 0.29) is 24.7 Å². The minimum Gasteiger partial charge on any atom is -0.468 e. The van der Waals surface area contributed by atoms with E-state index in [1.165, 1.54) is 7.11 Å². The summed E-state index contributed by atoms with van der Waals surface area (Å²) in [6.45, 7) is 11.0. The normalized spacial score (nSPS) is 16.0. The van der Waals surface area contributed by atoms with Gasteiger partial charge in [-0.2, -0.15) is 0 Å². The van der Waals surface area contributed by atoms with Crippen LogP contribution in [0.5, 0.6) is 0 Å². The number of carbonyl (C=O) groups is 1. The highest BCUT2D eigenvalue weighted by Crippen LogP contribution is 2.08. The van der Waals surface area contributed by atoms with Crippen molar-refractivity contribution < 1.29 is 19.4 Å². The van der Waals surface area contributed by atoms with Crippen LogP contribution in [0.15, 0.2) is 0 Å². The van der Waals surface area contributed by atoms with E-state index in [1.807, 2.05) is 20.8 Å². The zero-order valence-electron chi connectivity index (χ0n) is 14.4. The lowest BCUT2D eigenvalue weighted by Crippen LogP contribution is -2.43. The van der Waals surface area contributed by atoms with Gasteiger partial charge in [-0.3, -0.25) is 4.79 Å². The number of methoxy groups -OCH3 is 1. The van der Waals surface area contributed by atoms with Gasteiger partial charge in [0, 0.05) is 6.54 Å². The van der Waals surface area contributed by atoms with Crippen molar-refractivity contribution in [2.24, 2.45) is 11.8 Å². The molecule has 0 bridgehead atoms. The molecule has 0 heterocycles. The van der Waals surface area contributed by atoms with Crippen LogP contribution in [-0.4, -0.2) is 49.6 Å². The van der Waals surface area contributed by atoms with E-state index in [1.54, 1.807) is 0 Å². The van der Waals surface area contributed by atoms with Crippen molar-refractivity contribution in [3.63, 3.8) is 0 Å². The minimum absolute atomic E-state index is 0.131. The van der Waals surface area contributed by atoms with Crippen LogP contribution in [0.1, 0.15) is 47.5 Å². The van der Waals surface area contributed by atoms with Crippen molar-refractivity contribution in [3.05, 3.63) is 0 Å². The Morgan fingerprint density at radius 1 is 1.10 bits per heavy atom. The molecular formula is C16H33NO4. The van der Waals surface area contributed by atoms with Gasteiger partial charge in [0.05, 0.1) is 25.9 Å². The van der Waals surface area contributed by atoms with Crippen molar-refractivity contribution in [2.75, 3.05) is 20.3 Å². The van der Waals surface area contributed by atoms with Crippen molar-refractivity contribution >= 4 is 5.97 Å². The quantitative estimate of drug-likeness (QED) is 0.571. The van der Waals surface area contributed by atoms with Crippen LogP contribution >= 0.6 is 0 Å². The topological polar surface area (TPSA) is 67.8 Å². The Bertz CT molecular complexity index is 281. The number of rotatable bonds is 11. The maximum Gasteiger partial charge on any atom is 0.322 e. The van der Waals surface area contributed by atoms with E-state index in [0.29, 0.717) is 24.8 Å². The molecule has 0 saturated carbocycles. The Kier molecular flexibility index (Phi) is 10.6. The third-order valence-corrected chi connectivity index (χ3v) is 3.17. The molecule has 21 heavy (non-hydrogen) atoms. The Hall–Kier alpha value is -0.650. The first-order valence-corrected chi connectivity index (χ1v) is 7.87. The molecule has 0 amide bonds. The molecule has 0 aromatic heterocycles. The fourth-order valence-corrected chi connectivity index (χ4v) is 2.22. The molecule has 0 aromatic rings. The van der Waals surface area contributed by atoms with Crippen molar-refractivity contribution in [2.45, 2.75) is 65.7 Å². The molecule has 0 aliphatic rings. The molecule has 0 aromatic carbocycles. The first kappa shape index (κ1) is 20.3. The van der Waals surface area contributed by atoms with Gasteiger partial charge in [0.2, 0.25) is 0 Å². The smallest absolute Gasteiger partial charge is 0.322 e. The number of nitrogens with one attached hydrogen (secondary N) is 1. The van der Waals surface area contributed by atoms with E-state index < -0.39 is 6.10 Å². The molecule has 5 heteroatoms. The molecule has 2 N–H and O–H groups in total. The van der Waals surface area contributed by atoms with Gasteiger partial charge < -0.3 is 19.9 Å². The lowest BCUT2D eigenvalue weighted by Gasteiger charge is -2.22. The fraction of sp³-hybridized carbons (Fsp3) is 0.938. The first-order chi connectivity index (χ1) is 9.76. The second-order valence-corrected chi connectivity index (χ2v) is 6.54. The van der Waals surface area contributed by atoms with Crippen LogP contribution in [0.4, 0.5) is 0 Å². The van der Waals surface area contributed by atoms with Gasteiger partial charge in [0.25, 0.3) is 0 Å². The third-order valence-electron chi connectivity index (χ3n) is 3.17. The Morgan fingerprint density at radius 3 is 2.14 bits per heavy atom. The summed E-state index contributed by atoms with van der Waals surface area (Å²) < 4.78 is 10.4. The molecule has 0 saturated heterocycles. The van der Waals surface area contributed by atoms with E-state index in [2.05, 4.69) is 19.2 Å². The Labute approximate surface area is 129 Å². The lowest BCUT2D eigenvalue weighted by atomic mass is 10.0. The molecule has 0 fully saturated rings. The molecule has 5 nitrogen and oxygen atoms in total. The SMILES string of the molecule is COC(=O)C(CC(C)C)NCC(O)COC(C)CC(C)C. The number of carbonyl (C=O) groups excluding carboxylic acids is 1. The summed E-state index contributed by atoms with van der Waals surface area (Å²) in [6.07, 6.45) is 1.16. The molecule has 0 rings (SSSR count). The number of esters is 1. The average Bonchev–Trinajstić information content (AvgIpc) is 2.39. The van der Waals surface area contributed by atoms with Gasteiger partial charge in [-0.15, -0.1) is 0 Å². The molecular weight excluding hydrogens is 270 g/mol. The standard InChI is InChI=1S/C16H33NO4/c1-11(2)7-13(5)21-10-14(18)9-17-15(8-12(3)4)16(19)20-6/h11-15,17-18H,7-10H2,1-6H3. The Balaban J connectivity index is 4.06. The second-order valence-electron chi connectivity index (χ2n) is 6.54. The highest BCUT2D eigenvalue weighted by atomic mass is 16.5. The number of hydrogen-bond acceptors (Lipinski definition) is 5. The molecule has 0 aliphatic heterocycles. The zero-order chi connectivity index (χ0) is 16.4. The van der Waals surface area contributed by atoms with Gasteiger partial charge in [-0.05, 0) is 31.6 Å². The summed E-state index contributed by atoms with van der Waals surface area (Å²) in [5, 5.41) is 13.0. The predicted molar refractivity (Wildman–Crippen MR) is 84.1 cm³/mol. The molecule has 0 aliphatic carbocycles. The number of hydrogen-bond donors (Lipinski definition) is 2. The van der Waals surface area contributed by atoms with E-state index in [9.17, 15) is 9.90 Å². The molecule has 126 valence electrons. The van der Waals surface area contributed by atoms with Crippen LogP contribution in [-0.2, 0) is 14.3 Å². The summed E-state index contributed by atoms with van der Waals surface area (Å²) >= 11 is 0. The monoisotopic (exact) mass is 303 g/mol. The third kappa shape index (κ3) is 10.7. The summed E-state index contributed by atoms with van der Waals surface area (Å²) in [5.41, 5.74) is 0. The van der Waals surface area contributed by atoms with Crippen LogP contribution in [0.3, 0.4) is 0 Å². The number of aliphatic hydroxyl groups is 1. The summed E-state index contributed by atoms with van der Waals surface area (Å²) in [6, 6.07) is -0.377. The maximum atomic E-state index is 11.6. The molecule has 3 unspecified atom stereocenters. The van der Waals surface area contributed by atoms with Crippen molar-refractivity contribution in [1.29, 1.82) is 0 Å². The molecule has 0 spiro atoms. The van der Waals surface area contributed by atoms with Gasteiger partial charge in [-0.25, -0.2) is 0 Å². The van der Waals surface area contributed by atoms with E-state index >= 15 is 0 Å². The second kappa shape index (κ2) is 11.0. The van der Waals surface area contributed by atoms with Gasteiger partial charge >= 0.3 is 5.97 Å². The number of aliphatic hydroxyl groups excluding tert-OH is 1. The lowest BCUT2D eigenvalue weighted by molar-refractivity contribution is -0.143. The summed E-state index contributed by atoms with van der Waals surface area (Å²) in [5.74, 6) is 0.663. The highest BCUT2D eigenvalue weighted by molar-refractivity contribution is 5.75. The largest absolute Gasteiger partial charge is 0.468 e. The summed E-state index contributed by atoms with van der Waals surface area (Å²) in [7, 11) is 1.38. The van der Waals surface area contributed by atoms with Gasteiger partial charge in [0.15, 0.2) is 0 Å². The maximum absolute atomic E-state index is 11.6. The minimum atomic E-state index is -0.626. The Morgan fingerprint density at radius 2 is 1.67 bits per heavy atom. The van der Waals surface area contributed by atoms with E-state index in [4.69, 9.17) is 9.47 Å². The fourth-order valence-electron chi connectivity index (χ4n) is 2.22. The van der Waals surface area contributed by atoms with Gasteiger partial charge in [0.1, 0.15) is 6.04 Å². The number of ether oxygens (including phenoxy) is 2.